The van der Waals surface area contributed by atoms with Crippen LogP contribution < -0.4 is 5.32 Å². The Labute approximate surface area is 116 Å². The molecule has 1 saturated carbocycles. The smallest absolute Gasteiger partial charge is 0.226 e. The molecule has 19 heavy (non-hydrogen) atoms. The van der Waals surface area contributed by atoms with Crippen molar-refractivity contribution in [3.05, 3.63) is 11.1 Å². The van der Waals surface area contributed by atoms with E-state index in [1.54, 1.807) is 0 Å². The van der Waals surface area contributed by atoms with Gasteiger partial charge in [-0.05, 0) is 25.2 Å². The highest BCUT2D eigenvalue weighted by Gasteiger charge is 2.30. The minimum atomic E-state index is -2.91. The first-order valence-corrected chi connectivity index (χ1v) is 9.18. The second-order valence-corrected chi connectivity index (χ2v) is 8.46. The predicted octanol–water partition coefficient (Wildman–Crippen LogP) is 1.78. The molecule has 1 atom stereocenters. The van der Waals surface area contributed by atoms with Crippen molar-refractivity contribution in [1.82, 2.24) is 4.98 Å². The molecule has 1 aromatic heterocycles. The second kappa shape index (κ2) is 4.86. The van der Waals surface area contributed by atoms with Crippen LogP contribution in [0, 0.1) is 5.92 Å². The number of sulfone groups is 1. The fourth-order valence-corrected chi connectivity index (χ4v) is 5.05. The van der Waals surface area contributed by atoms with Crippen molar-refractivity contribution >= 4 is 32.2 Å². The van der Waals surface area contributed by atoms with E-state index in [1.807, 2.05) is 5.38 Å². The maximum Gasteiger partial charge on any atom is 0.226 e. The summed E-state index contributed by atoms with van der Waals surface area (Å²) in [5.74, 6) is 0.785. The summed E-state index contributed by atoms with van der Waals surface area (Å²) < 4.78 is 22.6. The molecule has 1 aliphatic carbocycles. The van der Waals surface area contributed by atoms with Crippen molar-refractivity contribution < 1.29 is 13.2 Å². The van der Waals surface area contributed by atoms with Crippen molar-refractivity contribution in [2.75, 3.05) is 16.8 Å². The van der Waals surface area contributed by atoms with Gasteiger partial charge in [0.15, 0.2) is 15.0 Å². The first-order chi connectivity index (χ1) is 9.02. The Morgan fingerprint density at radius 2 is 2.21 bits per heavy atom. The minimum Gasteiger partial charge on any atom is -0.302 e. The van der Waals surface area contributed by atoms with Crippen LogP contribution in [0.1, 0.15) is 37.3 Å². The van der Waals surface area contributed by atoms with Crippen molar-refractivity contribution in [2.24, 2.45) is 5.92 Å². The lowest BCUT2D eigenvalue weighted by molar-refractivity contribution is -0.116. The van der Waals surface area contributed by atoms with Crippen molar-refractivity contribution in [3.63, 3.8) is 0 Å². The summed E-state index contributed by atoms with van der Waals surface area (Å²) in [5, 5.41) is 5.40. The van der Waals surface area contributed by atoms with E-state index in [0.717, 1.165) is 5.69 Å². The fraction of sp³-hybridized carbons (Fsp3) is 0.667. The summed E-state index contributed by atoms with van der Waals surface area (Å²) in [4.78, 5) is 16.2. The standard InChI is InChI=1S/C12H16N2O3S2/c15-11(5-8-3-4-19(16,17)7-8)14-12-13-10(6-18-12)9-1-2-9/h6,8-9H,1-5,7H2,(H,13,14,15). The van der Waals surface area contributed by atoms with Crippen molar-refractivity contribution in [1.29, 1.82) is 0 Å². The van der Waals surface area contributed by atoms with Crippen molar-refractivity contribution in [2.45, 2.75) is 31.6 Å². The van der Waals surface area contributed by atoms with Crippen LogP contribution >= 0.6 is 11.3 Å². The molecule has 0 spiro atoms. The van der Waals surface area contributed by atoms with Gasteiger partial charge in [0.2, 0.25) is 5.91 Å². The number of nitrogens with zero attached hydrogens (tertiary/aromatic N) is 1. The number of hydrogen-bond donors (Lipinski definition) is 1. The highest BCUT2D eigenvalue weighted by molar-refractivity contribution is 7.91. The highest BCUT2D eigenvalue weighted by Crippen LogP contribution is 2.40. The number of carbonyl (C=O) groups is 1. The number of hydrogen-bond acceptors (Lipinski definition) is 5. The molecule has 2 heterocycles. The molecule has 1 aromatic rings. The molecule has 0 radical (unpaired) electrons. The third-order valence-corrected chi connectivity index (χ3v) is 6.18. The lowest BCUT2D eigenvalue weighted by Crippen LogP contribution is -2.17. The molecular formula is C12H16N2O3S2. The van der Waals surface area contributed by atoms with Gasteiger partial charge in [0.25, 0.3) is 0 Å². The van der Waals surface area contributed by atoms with Gasteiger partial charge in [-0.1, -0.05) is 0 Å². The van der Waals surface area contributed by atoms with E-state index in [2.05, 4.69) is 10.3 Å². The van der Waals surface area contributed by atoms with Crippen LogP contribution in [-0.2, 0) is 14.6 Å². The lowest BCUT2D eigenvalue weighted by atomic mass is 10.1. The van der Waals surface area contributed by atoms with E-state index in [4.69, 9.17) is 0 Å². The highest BCUT2D eigenvalue weighted by atomic mass is 32.2. The number of carbonyl (C=O) groups excluding carboxylic acids is 1. The Morgan fingerprint density at radius 1 is 1.42 bits per heavy atom. The van der Waals surface area contributed by atoms with E-state index in [1.165, 1.54) is 24.2 Å². The molecule has 1 unspecified atom stereocenters. The zero-order valence-corrected chi connectivity index (χ0v) is 12.1. The molecule has 5 nitrogen and oxygen atoms in total. The summed E-state index contributed by atoms with van der Waals surface area (Å²) in [7, 11) is -2.91. The first-order valence-electron chi connectivity index (χ1n) is 6.47. The van der Waals surface area contributed by atoms with Gasteiger partial charge in [-0.2, -0.15) is 0 Å². The van der Waals surface area contributed by atoms with Crippen LogP contribution in [0.4, 0.5) is 5.13 Å². The van der Waals surface area contributed by atoms with Gasteiger partial charge in [0, 0.05) is 17.7 Å². The van der Waals surface area contributed by atoms with Gasteiger partial charge in [-0.15, -0.1) is 11.3 Å². The van der Waals surface area contributed by atoms with Gasteiger partial charge in [-0.25, -0.2) is 13.4 Å². The van der Waals surface area contributed by atoms with E-state index >= 15 is 0 Å². The Balaban J connectivity index is 1.53. The number of amides is 1. The number of thiazole rings is 1. The number of rotatable bonds is 4. The van der Waals surface area contributed by atoms with E-state index < -0.39 is 9.84 Å². The number of anilines is 1. The third-order valence-electron chi connectivity index (χ3n) is 3.56. The first kappa shape index (κ1) is 13.1. The maximum absolute atomic E-state index is 11.8. The molecule has 1 N–H and O–H groups in total. The molecule has 0 bridgehead atoms. The van der Waals surface area contributed by atoms with Gasteiger partial charge in [0.05, 0.1) is 17.2 Å². The minimum absolute atomic E-state index is 0.0344. The molecule has 1 saturated heterocycles. The molecule has 1 amide bonds. The Morgan fingerprint density at radius 3 is 2.84 bits per heavy atom. The number of aromatic nitrogens is 1. The maximum atomic E-state index is 11.8. The average Bonchev–Trinajstić information content (AvgIpc) is 2.98. The molecule has 104 valence electrons. The summed E-state index contributed by atoms with van der Waals surface area (Å²) in [6.07, 6.45) is 3.26. The molecule has 3 rings (SSSR count). The van der Waals surface area contributed by atoms with Crippen molar-refractivity contribution in [3.8, 4) is 0 Å². The van der Waals surface area contributed by atoms with Crippen LogP contribution in [0.2, 0.25) is 0 Å². The lowest BCUT2D eigenvalue weighted by Gasteiger charge is -2.06. The summed E-state index contributed by atoms with van der Waals surface area (Å²) in [6, 6.07) is 0. The molecule has 0 aromatic carbocycles. The SMILES string of the molecule is O=C(CC1CCS(=O)(=O)C1)Nc1nc(C2CC2)cs1. The Kier molecular flexibility index (Phi) is 3.34. The topological polar surface area (TPSA) is 76.1 Å². The molecular weight excluding hydrogens is 284 g/mol. The van der Waals surface area contributed by atoms with E-state index in [0.29, 0.717) is 17.5 Å². The zero-order chi connectivity index (χ0) is 13.5. The quantitative estimate of drug-likeness (QED) is 0.919. The zero-order valence-electron chi connectivity index (χ0n) is 10.5. The average molecular weight is 300 g/mol. The van der Waals surface area contributed by atoms with Gasteiger partial charge in [0.1, 0.15) is 0 Å². The molecule has 1 aliphatic heterocycles. The summed E-state index contributed by atoms with van der Waals surface area (Å²) in [5.41, 5.74) is 1.07. The number of nitrogens with one attached hydrogen (secondary N) is 1. The largest absolute Gasteiger partial charge is 0.302 e. The summed E-state index contributed by atoms with van der Waals surface area (Å²) in [6.45, 7) is 0. The normalized spacial score (nSPS) is 25.4. The molecule has 2 aliphatic rings. The van der Waals surface area contributed by atoms with Crippen LogP contribution in [0.25, 0.3) is 0 Å². The Hall–Kier alpha value is -0.950. The fourth-order valence-electron chi connectivity index (χ4n) is 2.38. The van der Waals surface area contributed by atoms with Crippen LogP contribution in [0.3, 0.4) is 0 Å². The van der Waals surface area contributed by atoms with Gasteiger partial charge in [-0.3, -0.25) is 4.79 Å². The van der Waals surface area contributed by atoms with Crippen LogP contribution in [-0.4, -0.2) is 30.8 Å². The predicted molar refractivity (Wildman–Crippen MR) is 74.1 cm³/mol. The van der Waals surface area contributed by atoms with Gasteiger partial charge >= 0.3 is 0 Å². The van der Waals surface area contributed by atoms with Crippen LogP contribution in [0.15, 0.2) is 5.38 Å². The summed E-state index contributed by atoms with van der Waals surface area (Å²) >= 11 is 1.44. The monoisotopic (exact) mass is 300 g/mol. The van der Waals surface area contributed by atoms with Gasteiger partial charge < -0.3 is 5.32 Å². The van der Waals surface area contributed by atoms with Crippen LogP contribution in [0.5, 0.6) is 0 Å². The Bertz CT molecular complexity index is 590. The third kappa shape index (κ3) is 3.33. The second-order valence-electron chi connectivity index (χ2n) is 5.37. The van der Waals surface area contributed by atoms with E-state index in [-0.39, 0.29) is 29.8 Å². The molecule has 7 heteroatoms. The van der Waals surface area contributed by atoms with E-state index in [9.17, 15) is 13.2 Å². The molecule has 2 fully saturated rings.